The number of ketones is 2. The van der Waals surface area contributed by atoms with Crippen molar-refractivity contribution >= 4 is 23.2 Å². The molecular formula is C27H24ClFO5. The molecule has 1 heterocycles. The molecule has 0 spiro atoms. The number of carbonyl (C=O) groups excluding carboxylic acids is 2. The fourth-order valence-corrected chi connectivity index (χ4v) is 5.24. The molecule has 2 aromatic rings. The third kappa shape index (κ3) is 4.00. The van der Waals surface area contributed by atoms with E-state index in [2.05, 4.69) is 0 Å². The van der Waals surface area contributed by atoms with Crippen LogP contribution in [0.3, 0.4) is 0 Å². The van der Waals surface area contributed by atoms with Crippen molar-refractivity contribution in [1.82, 2.24) is 0 Å². The largest absolute Gasteiger partial charge is 0.493 e. The molecule has 0 N–H and O–H groups in total. The first kappa shape index (κ1) is 22.7. The second kappa shape index (κ2) is 9.26. The highest BCUT2D eigenvalue weighted by Crippen LogP contribution is 2.50. The standard InChI is InChI=1S/C27H24ClFO5/c1-32-23-13-16(12-17(28)27(23)33-14-15-6-2-3-7-18(15)29)24-25-19(30)8-4-10-21(25)34-22-11-5-9-20(31)26(22)24/h2-3,6-7,12-13,24H,4-5,8-11,14H2,1H3. The zero-order valence-electron chi connectivity index (χ0n) is 18.8. The van der Waals surface area contributed by atoms with E-state index in [9.17, 15) is 14.0 Å². The van der Waals surface area contributed by atoms with Crippen LogP contribution in [0.5, 0.6) is 11.5 Å². The molecule has 3 aliphatic rings. The summed E-state index contributed by atoms with van der Waals surface area (Å²) in [5.74, 6) is 0.998. The van der Waals surface area contributed by atoms with E-state index in [0.29, 0.717) is 65.2 Å². The molecule has 1 aliphatic heterocycles. The number of hydrogen-bond acceptors (Lipinski definition) is 5. The van der Waals surface area contributed by atoms with Gasteiger partial charge in [-0.15, -0.1) is 0 Å². The molecule has 176 valence electrons. The maximum atomic E-state index is 14.0. The highest BCUT2D eigenvalue weighted by atomic mass is 35.5. The summed E-state index contributed by atoms with van der Waals surface area (Å²) in [5.41, 5.74) is 2.14. The molecule has 0 atom stereocenters. The summed E-state index contributed by atoms with van der Waals surface area (Å²) < 4.78 is 31.5. The Labute approximate surface area is 202 Å². The molecule has 0 saturated heterocycles. The van der Waals surface area contributed by atoms with Crippen LogP contribution >= 0.6 is 11.6 Å². The van der Waals surface area contributed by atoms with Crippen LogP contribution in [0.2, 0.25) is 5.02 Å². The summed E-state index contributed by atoms with van der Waals surface area (Å²) in [6.45, 7) is -0.0268. The summed E-state index contributed by atoms with van der Waals surface area (Å²) in [7, 11) is 1.49. The van der Waals surface area contributed by atoms with E-state index in [1.165, 1.54) is 13.2 Å². The van der Waals surface area contributed by atoms with Gasteiger partial charge in [0.15, 0.2) is 23.1 Å². The maximum absolute atomic E-state index is 14.0. The summed E-state index contributed by atoms with van der Waals surface area (Å²) in [6, 6.07) is 9.80. The quantitative estimate of drug-likeness (QED) is 0.508. The minimum absolute atomic E-state index is 0.00820. The zero-order valence-corrected chi connectivity index (χ0v) is 19.5. The molecule has 0 bridgehead atoms. The lowest BCUT2D eigenvalue weighted by atomic mass is 9.73. The Bertz CT molecular complexity index is 1200. The first-order valence-corrected chi connectivity index (χ1v) is 11.8. The van der Waals surface area contributed by atoms with Gasteiger partial charge in [-0.2, -0.15) is 0 Å². The molecule has 0 radical (unpaired) electrons. The molecule has 0 amide bonds. The number of benzene rings is 2. The SMILES string of the molecule is COc1cc(C2C3=C(CCCC3=O)OC3=C2C(=O)CCC3)cc(Cl)c1OCc1ccccc1F. The predicted molar refractivity (Wildman–Crippen MR) is 124 cm³/mol. The highest BCUT2D eigenvalue weighted by Gasteiger charge is 2.42. The van der Waals surface area contributed by atoms with Crippen molar-refractivity contribution in [2.24, 2.45) is 0 Å². The van der Waals surface area contributed by atoms with Crippen molar-refractivity contribution in [1.29, 1.82) is 0 Å². The molecule has 0 unspecified atom stereocenters. The monoisotopic (exact) mass is 482 g/mol. The fourth-order valence-electron chi connectivity index (χ4n) is 4.96. The molecule has 34 heavy (non-hydrogen) atoms. The second-order valence-corrected chi connectivity index (χ2v) is 9.08. The van der Waals surface area contributed by atoms with Crippen LogP contribution in [0.25, 0.3) is 0 Å². The van der Waals surface area contributed by atoms with Crippen LogP contribution in [0.4, 0.5) is 4.39 Å². The molecule has 5 rings (SSSR count). The highest BCUT2D eigenvalue weighted by molar-refractivity contribution is 6.32. The molecular weight excluding hydrogens is 459 g/mol. The van der Waals surface area contributed by atoms with E-state index in [1.807, 2.05) is 0 Å². The van der Waals surface area contributed by atoms with Crippen LogP contribution in [0, 0.1) is 5.82 Å². The van der Waals surface area contributed by atoms with Crippen molar-refractivity contribution in [2.75, 3.05) is 7.11 Å². The Morgan fingerprint density at radius 3 is 2.26 bits per heavy atom. The molecule has 0 fully saturated rings. The normalized spacial score (nSPS) is 18.4. The van der Waals surface area contributed by atoms with Gasteiger partial charge in [-0.1, -0.05) is 29.8 Å². The van der Waals surface area contributed by atoms with Gasteiger partial charge < -0.3 is 14.2 Å². The molecule has 0 saturated carbocycles. The van der Waals surface area contributed by atoms with Gasteiger partial charge in [0.1, 0.15) is 23.9 Å². The Hall–Kier alpha value is -3.12. The van der Waals surface area contributed by atoms with Crippen molar-refractivity contribution in [3.05, 3.63) is 81.0 Å². The van der Waals surface area contributed by atoms with Gasteiger partial charge in [-0.25, -0.2) is 4.39 Å². The number of ether oxygens (including phenoxy) is 3. The first-order valence-electron chi connectivity index (χ1n) is 11.4. The van der Waals surface area contributed by atoms with Crippen LogP contribution in [0.1, 0.15) is 55.6 Å². The van der Waals surface area contributed by atoms with Gasteiger partial charge in [0.25, 0.3) is 0 Å². The van der Waals surface area contributed by atoms with Crippen molar-refractivity contribution in [3.63, 3.8) is 0 Å². The second-order valence-electron chi connectivity index (χ2n) is 8.68. The number of methoxy groups -OCH3 is 1. The lowest BCUT2D eigenvalue weighted by Crippen LogP contribution is -2.30. The number of carbonyl (C=O) groups is 2. The number of Topliss-reactive ketones (excluding diaryl/α,β-unsaturated/α-hetero) is 2. The number of halogens is 2. The minimum atomic E-state index is -0.550. The zero-order chi connectivity index (χ0) is 23.8. The van der Waals surface area contributed by atoms with Crippen molar-refractivity contribution in [3.8, 4) is 11.5 Å². The van der Waals surface area contributed by atoms with Crippen molar-refractivity contribution < 1.29 is 28.2 Å². The molecule has 0 aromatic heterocycles. The van der Waals surface area contributed by atoms with Crippen LogP contribution < -0.4 is 9.47 Å². The van der Waals surface area contributed by atoms with Gasteiger partial charge in [-0.05, 0) is 36.6 Å². The predicted octanol–water partition coefficient (Wildman–Crippen LogP) is 6.19. The van der Waals surface area contributed by atoms with E-state index in [-0.39, 0.29) is 34.8 Å². The summed E-state index contributed by atoms with van der Waals surface area (Å²) in [4.78, 5) is 26.0. The fraction of sp³-hybridized carbons (Fsp3) is 0.333. The third-order valence-corrected chi connectivity index (χ3v) is 6.84. The third-order valence-electron chi connectivity index (χ3n) is 6.56. The Morgan fingerprint density at radius 2 is 1.65 bits per heavy atom. The van der Waals surface area contributed by atoms with Crippen LogP contribution in [-0.2, 0) is 20.9 Å². The Balaban J connectivity index is 1.57. The van der Waals surface area contributed by atoms with Gasteiger partial charge in [0.2, 0.25) is 0 Å². The molecule has 2 aliphatic carbocycles. The number of rotatable bonds is 5. The van der Waals surface area contributed by atoms with E-state index in [1.54, 1.807) is 30.3 Å². The van der Waals surface area contributed by atoms with Crippen LogP contribution in [-0.4, -0.2) is 18.7 Å². The molecule has 2 aromatic carbocycles. The lowest BCUT2D eigenvalue weighted by Gasteiger charge is -2.36. The molecule has 7 heteroatoms. The maximum Gasteiger partial charge on any atom is 0.180 e. The van der Waals surface area contributed by atoms with Crippen molar-refractivity contribution in [2.45, 2.75) is 51.0 Å². The van der Waals surface area contributed by atoms with Gasteiger partial charge in [-0.3, -0.25) is 9.59 Å². The summed E-state index contributed by atoms with van der Waals surface area (Å²) in [5, 5.41) is 0.257. The van der Waals surface area contributed by atoms with Gasteiger partial charge >= 0.3 is 0 Å². The van der Waals surface area contributed by atoms with E-state index in [0.717, 1.165) is 12.8 Å². The minimum Gasteiger partial charge on any atom is -0.493 e. The smallest absolute Gasteiger partial charge is 0.180 e. The van der Waals surface area contributed by atoms with Gasteiger partial charge in [0.05, 0.1) is 12.1 Å². The van der Waals surface area contributed by atoms with E-state index < -0.39 is 5.92 Å². The first-order chi connectivity index (χ1) is 16.5. The van der Waals surface area contributed by atoms with Gasteiger partial charge in [0, 0.05) is 48.3 Å². The summed E-state index contributed by atoms with van der Waals surface area (Å²) >= 11 is 6.63. The number of allylic oxidation sites excluding steroid dienone is 4. The van der Waals surface area contributed by atoms with E-state index >= 15 is 0 Å². The summed E-state index contributed by atoms with van der Waals surface area (Å²) in [6.07, 6.45) is 3.63. The van der Waals surface area contributed by atoms with Crippen LogP contribution in [0.15, 0.2) is 59.1 Å². The van der Waals surface area contributed by atoms with E-state index in [4.69, 9.17) is 25.8 Å². The topological polar surface area (TPSA) is 61.8 Å². The molecule has 5 nitrogen and oxygen atoms in total. The Morgan fingerprint density at radius 1 is 1.00 bits per heavy atom. The lowest BCUT2D eigenvalue weighted by molar-refractivity contribution is -0.117. The number of hydrogen-bond donors (Lipinski definition) is 0. The average molecular weight is 483 g/mol. The average Bonchev–Trinajstić information content (AvgIpc) is 2.83. The Kier molecular flexibility index (Phi) is 6.17.